The topological polar surface area (TPSA) is 32.3 Å². The zero-order valence-corrected chi connectivity index (χ0v) is 11.8. The third-order valence-corrected chi connectivity index (χ3v) is 4.77. The number of carbonyl (C=O) groups excluding carboxylic acids is 1. The molecule has 2 fully saturated rings. The number of carbonyl (C=O) groups is 1. The van der Waals surface area contributed by atoms with Crippen LogP contribution in [0, 0.1) is 5.92 Å². The van der Waals surface area contributed by atoms with Gasteiger partial charge in [0.15, 0.2) is 0 Å². The number of hydrogen-bond acceptors (Lipinski definition) is 2. The van der Waals surface area contributed by atoms with Gasteiger partial charge < -0.3 is 5.32 Å². The zero-order valence-electron chi connectivity index (χ0n) is 10.2. The smallest absolute Gasteiger partial charge is 0.229 e. The highest BCUT2D eigenvalue weighted by Crippen LogP contribution is 2.33. The Hall–Kier alpha value is -0.870. The van der Waals surface area contributed by atoms with Crippen LogP contribution in [0.5, 0.6) is 0 Å². The minimum atomic E-state index is 0.166. The molecule has 1 amide bonds. The minimum Gasteiger partial charge on any atom is -0.325 e. The van der Waals surface area contributed by atoms with Gasteiger partial charge in [-0.1, -0.05) is 12.1 Å². The molecular formula is C14H17BrN2O. The van der Waals surface area contributed by atoms with Crippen LogP contribution in [0.2, 0.25) is 0 Å². The fraction of sp³-hybridized carbons (Fsp3) is 0.500. The van der Waals surface area contributed by atoms with Crippen molar-refractivity contribution >= 4 is 27.5 Å². The first-order valence-corrected chi connectivity index (χ1v) is 7.34. The summed E-state index contributed by atoms with van der Waals surface area (Å²) < 4.78 is 0.944. The van der Waals surface area contributed by atoms with E-state index in [0.29, 0.717) is 6.04 Å². The van der Waals surface area contributed by atoms with E-state index in [0.717, 1.165) is 23.1 Å². The van der Waals surface area contributed by atoms with Gasteiger partial charge in [0.2, 0.25) is 5.91 Å². The van der Waals surface area contributed by atoms with Gasteiger partial charge in [0.05, 0.1) is 11.6 Å². The van der Waals surface area contributed by atoms with Crippen molar-refractivity contribution in [2.24, 2.45) is 5.92 Å². The second kappa shape index (κ2) is 5.02. The summed E-state index contributed by atoms with van der Waals surface area (Å²) in [7, 11) is 0. The van der Waals surface area contributed by atoms with Gasteiger partial charge in [-0.15, -0.1) is 0 Å². The summed E-state index contributed by atoms with van der Waals surface area (Å²) in [5.74, 6) is 0.343. The van der Waals surface area contributed by atoms with Crippen LogP contribution in [0.4, 0.5) is 5.69 Å². The second-order valence-electron chi connectivity index (χ2n) is 5.11. The van der Waals surface area contributed by atoms with Gasteiger partial charge >= 0.3 is 0 Å². The number of fused-ring (bicyclic) bond motifs is 1. The lowest BCUT2D eigenvalue weighted by atomic mass is 9.97. The van der Waals surface area contributed by atoms with E-state index in [9.17, 15) is 4.79 Å². The first kappa shape index (κ1) is 12.2. The highest BCUT2D eigenvalue weighted by molar-refractivity contribution is 9.10. The summed E-state index contributed by atoms with van der Waals surface area (Å²) in [5.41, 5.74) is 0.874. The number of anilines is 1. The first-order chi connectivity index (χ1) is 8.75. The number of hydrogen-bond donors (Lipinski definition) is 1. The van der Waals surface area contributed by atoms with Crippen molar-refractivity contribution in [1.82, 2.24) is 4.90 Å². The molecule has 1 aromatic carbocycles. The highest BCUT2D eigenvalue weighted by atomic mass is 79.9. The van der Waals surface area contributed by atoms with E-state index in [-0.39, 0.29) is 11.8 Å². The molecule has 0 spiro atoms. The number of amides is 1. The average Bonchev–Trinajstić information content (AvgIpc) is 2.93. The fourth-order valence-corrected chi connectivity index (χ4v) is 3.56. The Kier molecular flexibility index (Phi) is 3.39. The SMILES string of the molecule is O=C(Nc1ccccc1Br)C1CCN2CCCC12. The molecule has 3 rings (SSSR count). The zero-order chi connectivity index (χ0) is 12.5. The summed E-state index contributed by atoms with van der Waals surface area (Å²) in [5, 5.41) is 3.05. The monoisotopic (exact) mass is 308 g/mol. The lowest BCUT2D eigenvalue weighted by Crippen LogP contribution is -2.33. The van der Waals surface area contributed by atoms with Gasteiger partial charge in [-0.3, -0.25) is 9.69 Å². The molecule has 2 atom stereocenters. The largest absolute Gasteiger partial charge is 0.325 e. The summed E-state index contributed by atoms with van der Waals surface area (Å²) in [6.45, 7) is 2.25. The first-order valence-electron chi connectivity index (χ1n) is 6.55. The van der Waals surface area contributed by atoms with Crippen LogP contribution in [-0.2, 0) is 4.79 Å². The predicted molar refractivity (Wildman–Crippen MR) is 75.5 cm³/mol. The molecule has 2 saturated heterocycles. The molecule has 2 aliphatic heterocycles. The molecule has 4 heteroatoms. The molecule has 0 bridgehead atoms. The van der Waals surface area contributed by atoms with Crippen LogP contribution in [0.25, 0.3) is 0 Å². The molecule has 2 unspecified atom stereocenters. The molecular weight excluding hydrogens is 292 g/mol. The van der Waals surface area contributed by atoms with Gasteiger partial charge in [0, 0.05) is 10.5 Å². The van der Waals surface area contributed by atoms with E-state index >= 15 is 0 Å². The number of benzene rings is 1. The van der Waals surface area contributed by atoms with Crippen molar-refractivity contribution in [3.05, 3.63) is 28.7 Å². The van der Waals surface area contributed by atoms with Gasteiger partial charge in [-0.2, -0.15) is 0 Å². The van der Waals surface area contributed by atoms with Gasteiger partial charge in [-0.05, 0) is 60.4 Å². The molecule has 3 nitrogen and oxygen atoms in total. The van der Waals surface area contributed by atoms with Crippen molar-refractivity contribution in [2.45, 2.75) is 25.3 Å². The van der Waals surface area contributed by atoms with E-state index in [1.807, 2.05) is 24.3 Å². The fourth-order valence-electron chi connectivity index (χ4n) is 3.18. The number of rotatable bonds is 2. The van der Waals surface area contributed by atoms with Gasteiger partial charge in [0.25, 0.3) is 0 Å². The van der Waals surface area contributed by atoms with Crippen LogP contribution in [0.3, 0.4) is 0 Å². The lowest BCUT2D eigenvalue weighted by molar-refractivity contribution is -0.120. The Balaban J connectivity index is 1.70. The third-order valence-electron chi connectivity index (χ3n) is 4.07. The number of nitrogens with zero attached hydrogens (tertiary/aromatic N) is 1. The minimum absolute atomic E-state index is 0.166. The molecule has 96 valence electrons. The van der Waals surface area contributed by atoms with E-state index in [1.165, 1.54) is 19.4 Å². The van der Waals surface area contributed by atoms with E-state index in [4.69, 9.17) is 0 Å². The predicted octanol–water partition coefficient (Wildman–Crippen LogP) is 2.87. The van der Waals surface area contributed by atoms with Gasteiger partial charge in [0.1, 0.15) is 0 Å². The molecule has 1 aromatic rings. The standard InChI is InChI=1S/C14H17BrN2O/c15-11-4-1-2-5-12(11)16-14(18)10-7-9-17-8-3-6-13(10)17/h1-2,4-5,10,13H,3,6-9H2,(H,16,18). The van der Waals surface area contributed by atoms with Crippen molar-refractivity contribution in [3.8, 4) is 0 Å². The summed E-state index contributed by atoms with van der Waals surface area (Å²) >= 11 is 3.46. The Morgan fingerprint density at radius 2 is 2.11 bits per heavy atom. The van der Waals surface area contributed by atoms with Crippen molar-refractivity contribution < 1.29 is 4.79 Å². The normalized spacial score (nSPS) is 27.2. The summed E-state index contributed by atoms with van der Waals surface area (Å²) in [6.07, 6.45) is 3.42. The maximum Gasteiger partial charge on any atom is 0.229 e. The quantitative estimate of drug-likeness (QED) is 0.911. The maximum atomic E-state index is 12.4. The molecule has 2 aliphatic rings. The Morgan fingerprint density at radius 1 is 1.28 bits per heavy atom. The number of halogens is 1. The molecule has 0 aliphatic carbocycles. The average molecular weight is 309 g/mol. The molecule has 2 heterocycles. The molecule has 0 saturated carbocycles. The molecule has 0 radical (unpaired) electrons. The third kappa shape index (κ3) is 2.19. The van der Waals surface area contributed by atoms with Crippen LogP contribution in [-0.4, -0.2) is 29.9 Å². The van der Waals surface area contributed by atoms with Crippen molar-refractivity contribution in [1.29, 1.82) is 0 Å². The summed E-state index contributed by atoms with van der Waals surface area (Å²) in [4.78, 5) is 14.8. The molecule has 0 aromatic heterocycles. The van der Waals surface area contributed by atoms with Crippen LogP contribution in [0.1, 0.15) is 19.3 Å². The highest BCUT2D eigenvalue weighted by Gasteiger charge is 2.40. The lowest BCUT2D eigenvalue weighted by Gasteiger charge is -2.19. The second-order valence-corrected chi connectivity index (χ2v) is 5.96. The Bertz CT molecular complexity index is 463. The Labute approximate surface area is 116 Å². The Morgan fingerprint density at radius 3 is 2.94 bits per heavy atom. The number of nitrogens with one attached hydrogen (secondary N) is 1. The van der Waals surface area contributed by atoms with E-state index in [2.05, 4.69) is 26.1 Å². The van der Waals surface area contributed by atoms with Crippen molar-refractivity contribution in [2.75, 3.05) is 18.4 Å². The van der Waals surface area contributed by atoms with Crippen LogP contribution < -0.4 is 5.32 Å². The number of para-hydroxylation sites is 1. The van der Waals surface area contributed by atoms with Crippen LogP contribution >= 0.6 is 15.9 Å². The van der Waals surface area contributed by atoms with Gasteiger partial charge in [-0.25, -0.2) is 0 Å². The van der Waals surface area contributed by atoms with E-state index in [1.54, 1.807) is 0 Å². The van der Waals surface area contributed by atoms with Crippen LogP contribution in [0.15, 0.2) is 28.7 Å². The van der Waals surface area contributed by atoms with E-state index < -0.39 is 0 Å². The van der Waals surface area contributed by atoms with Crippen molar-refractivity contribution in [3.63, 3.8) is 0 Å². The summed E-state index contributed by atoms with van der Waals surface area (Å²) in [6, 6.07) is 8.26. The molecule has 1 N–H and O–H groups in total. The maximum absolute atomic E-state index is 12.4. The molecule has 18 heavy (non-hydrogen) atoms.